The molecule has 1 amide bonds. The number of carbonyl (C=O) groups excluding carboxylic acids is 1. The third-order valence-corrected chi connectivity index (χ3v) is 5.39. The first-order valence-electron chi connectivity index (χ1n) is 9.84. The molecule has 0 bridgehead atoms. The summed E-state index contributed by atoms with van der Waals surface area (Å²) in [5, 5.41) is 0. The Kier molecular flexibility index (Phi) is 5.53. The van der Waals surface area contributed by atoms with E-state index in [1.54, 1.807) is 6.33 Å². The third-order valence-electron chi connectivity index (χ3n) is 5.39. The summed E-state index contributed by atoms with van der Waals surface area (Å²) in [5.74, 6) is 0.107. The van der Waals surface area contributed by atoms with E-state index in [1.807, 2.05) is 42.3 Å². The first-order valence-corrected chi connectivity index (χ1v) is 9.84. The zero-order chi connectivity index (χ0) is 19.3. The minimum Gasteiger partial charge on any atom is -0.381 e. The number of carbonyl (C=O) groups is 1. The fourth-order valence-electron chi connectivity index (χ4n) is 3.79. The Morgan fingerprint density at radius 2 is 1.64 bits per heavy atom. The predicted octanol–water partition coefficient (Wildman–Crippen LogP) is 4.38. The van der Waals surface area contributed by atoms with E-state index >= 15 is 0 Å². The van der Waals surface area contributed by atoms with Crippen molar-refractivity contribution in [3.8, 4) is 22.4 Å². The number of benzene rings is 2. The van der Waals surface area contributed by atoms with Gasteiger partial charge in [0.1, 0.15) is 0 Å². The molecule has 0 aliphatic carbocycles. The van der Waals surface area contributed by atoms with Crippen LogP contribution in [0.15, 0.2) is 61.1 Å². The number of amides is 1. The van der Waals surface area contributed by atoms with Crippen LogP contribution in [0, 0.1) is 0 Å². The van der Waals surface area contributed by atoms with Gasteiger partial charge in [0.05, 0.1) is 18.2 Å². The SMILES string of the molecule is CCN(C(=O)c1ccc(-c2ccc(-c3cnc[nH]3)cc2)cc1)C1CCOCC1. The van der Waals surface area contributed by atoms with E-state index in [0.29, 0.717) is 0 Å². The summed E-state index contributed by atoms with van der Waals surface area (Å²) >= 11 is 0. The number of rotatable bonds is 5. The first-order chi connectivity index (χ1) is 13.8. The zero-order valence-corrected chi connectivity index (χ0v) is 16.1. The molecule has 2 heterocycles. The van der Waals surface area contributed by atoms with Crippen molar-refractivity contribution in [1.82, 2.24) is 14.9 Å². The molecule has 144 valence electrons. The van der Waals surface area contributed by atoms with E-state index < -0.39 is 0 Å². The quantitative estimate of drug-likeness (QED) is 0.720. The first kappa shape index (κ1) is 18.4. The van der Waals surface area contributed by atoms with Gasteiger partial charge in [-0.1, -0.05) is 36.4 Å². The Bertz CT molecular complexity index is 896. The minimum atomic E-state index is 0.107. The van der Waals surface area contributed by atoms with Crippen LogP contribution in [-0.2, 0) is 4.74 Å². The van der Waals surface area contributed by atoms with Crippen molar-refractivity contribution >= 4 is 5.91 Å². The van der Waals surface area contributed by atoms with Crippen LogP contribution in [-0.4, -0.2) is 46.6 Å². The number of aromatic amines is 1. The number of hydrogen-bond donors (Lipinski definition) is 1. The number of H-pyrrole nitrogens is 1. The third kappa shape index (κ3) is 3.85. The number of nitrogens with zero attached hydrogens (tertiary/aromatic N) is 2. The number of nitrogens with one attached hydrogen (secondary N) is 1. The van der Waals surface area contributed by atoms with Gasteiger partial charge >= 0.3 is 0 Å². The topological polar surface area (TPSA) is 58.2 Å². The molecule has 0 radical (unpaired) electrons. The van der Waals surface area contributed by atoms with E-state index in [1.165, 1.54) is 0 Å². The van der Waals surface area contributed by atoms with Crippen molar-refractivity contribution in [3.63, 3.8) is 0 Å². The predicted molar refractivity (Wildman–Crippen MR) is 110 cm³/mol. The molecule has 28 heavy (non-hydrogen) atoms. The van der Waals surface area contributed by atoms with Crippen LogP contribution in [0.1, 0.15) is 30.1 Å². The summed E-state index contributed by atoms with van der Waals surface area (Å²) in [4.78, 5) is 22.1. The van der Waals surface area contributed by atoms with Gasteiger partial charge in [-0.05, 0) is 48.6 Å². The molecule has 1 fully saturated rings. The molecule has 0 unspecified atom stereocenters. The lowest BCUT2D eigenvalue weighted by atomic mass is 10.0. The van der Waals surface area contributed by atoms with E-state index in [9.17, 15) is 4.79 Å². The number of aromatic nitrogens is 2. The van der Waals surface area contributed by atoms with Crippen molar-refractivity contribution in [2.75, 3.05) is 19.8 Å². The van der Waals surface area contributed by atoms with Gasteiger partial charge in [0.2, 0.25) is 0 Å². The van der Waals surface area contributed by atoms with E-state index in [-0.39, 0.29) is 11.9 Å². The second-order valence-corrected chi connectivity index (χ2v) is 7.05. The summed E-state index contributed by atoms with van der Waals surface area (Å²) in [6.45, 7) is 4.24. The fourth-order valence-corrected chi connectivity index (χ4v) is 3.79. The van der Waals surface area contributed by atoms with Crippen molar-refractivity contribution in [2.24, 2.45) is 0 Å². The molecule has 5 heteroatoms. The molecule has 1 aliphatic rings. The Labute approximate surface area is 165 Å². The lowest BCUT2D eigenvalue weighted by Crippen LogP contribution is -2.43. The van der Waals surface area contributed by atoms with Gasteiger partial charge in [-0.3, -0.25) is 4.79 Å². The Balaban J connectivity index is 1.49. The number of imidazole rings is 1. The highest BCUT2D eigenvalue weighted by atomic mass is 16.5. The van der Waals surface area contributed by atoms with E-state index in [4.69, 9.17) is 4.74 Å². The Hall–Kier alpha value is -2.92. The molecule has 3 aromatic rings. The monoisotopic (exact) mass is 375 g/mol. The Morgan fingerprint density at radius 1 is 1.04 bits per heavy atom. The molecule has 0 spiro atoms. The van der Waals surface area contributed by atoms with Gasteiger partial charge in [-0.25, -0.2) is 4.98 Å². The average molecular weight is 375 g/mol. The Morgan fingerprint density at radius 3 is 2.21 bits per heavy atom. The second kappa shape index (κ2) is 8.40. The van der Waals surface area contributed by atoms with Gasteiger partial charge in [0.15, 0.2) is 0 Å². The molecule has 0 atom stereocenters. The van der Waals surface area contributed by atoms with Crippen LogP contribution >= 0.6 is 0 Å². The van der Waals surface area contributed by atoms with Crippen LogP contribution in [0.4, 0.5) is 0 Å². The lowest BCUT2D eigenvalue weighted by molar-refractivity contribution is 0.0305. The molecule has 1 N–H and O–H groups in total. The fraction of sp³-hybridized carbons (Fsp3) is 0.304. The number of ether oxygens (including phenoxy) is 1. The molecule has 1 aliphatic heterocycles. The summed E-state index contributed by atoms with van der Waals surface area (Å²) in [6, 6.07) is 16.5. The molecule has 1 aromatic heterocycles. The van der Waals surface area contributed by atoms with E-state index in [0.717, 1.165) is 60.5 Å². The summed E-state index contributed by atoms with van der Waals surface area (Å²) in [5.41, 5.74) is 5.07. The van der Waals surface area contributed by atoms with Gasteiger partial charge in [0, 0.05) is 31.4 Å². The number of hydrogen-bond acceptors (Lipinski definition) is 3. The summed E-state index contributed by atoms with van der Waals surface area (Å²) in [7, 11) is 0. The average Bonchev–Trinajstić information content (AvgIpc) is 3.30. The van der Waals surface area contributed by atoms with Crippen LogP contribution in [0.25, 0.3) is 22.4 Å². The van der Waals surface area contributed by atoms with Crippen LogP contribution in [0.5, 0.6) is 0 Å². The maximum absolute atomic E-state index is 13.0. The largest absolute Gasteiger partial charge is 0.381 e. The maximum Gasteiger partial charge on any atom is 0.254 e. The smallest absolute Gasteiger partial charge is 0.254 e. The summed E-state index contributed by atoms with van der Waals surface area (Å²) in [6.07, 6.45) is 5.33. The van der Waals surface area contributed by atoms with Gasteiger partial charge in [0.25, 0.3) is 5.91 Å². The second-order valence-electron chi connectivity index (χ2n) is 7.05. The van der Waals surface area contributed by atoms with Crippen molar-refractivity contribution < 1.29 is 9.53 Å². The standard InChI is InChI=1S/C23H25N3O2/c1-2-26(21-11-13-28-14-12-21)23(27)20-9-5-18(6-10-20)17-3-7-19(8-4-17)22-15-24-16-25-22/h3-10,15-16,21H,2,11-14H2,1H3,(H,24,25). The van der Waals surface area contributed by atoms with Crippen molar-refractivity contribution in [3.05, 3.63) is 66.6 Å². The molecule has 2 aromatic carbocycles. The minimum absolute atomic E-state index is 0.107. The zero-order valence-electron chi connectivity index (χ0n) is 16.1. The molecule has 5 nitrogen and oxygen atoms in total. The van der Waals surface area contributed by atoms with Crippen LogP contribution < -0.4 is 0 Å². The maximum atomic E-state index is 13.0. The van der Waals surface area contributed by atoms with Crippen LogP contribution in [0.2, 0.25) is 0 Å². The van der Waals surface area contributed by atoms with Crippen molar-refractivity contribution in [2.45, 2.75) is 25.8 Å². The van der Waals surface area contributed by atoms with Crippen molar-refractivity contribution in [1.29, 1.82) is 0 Å². The van der Waals surface area contributed by atoms with Crippen LogP contribution in [0.3, 0.4) is 0 Å². The molecule has 1 saturated heterocycles. The highest BCUT2D eigenvalue weighted by Crippen LogP contribution is 2.25. The van der Waals surface area contributed by atoms with Gasteiger partial charge in [-0.15, -0.1) is 0 Å². The van der Waals surface area contributed by atoms with Gasteiger partial charge < -0.3 is 14.6 Å². The molecule has 4 rings (SSSR count). The normalized spacial score (nSPS) is 14.8. The highest BCUT2D eigenvalue weighted by molar-refractivity contribution is 5.95. The van der Waals surface area contributed by atoms with E-state index in [2.05, 4.69) is 34.2 Å². The lowest BCUT2D eigenvalue weighted by Gasteiger charge is -2.33. The highest BCUT2D eigenvalue weighted by Gasteiger charge is 2.25. The molecule has 0 saturated carbocycles. The molecular formula is C23H25N3O2. The summed E-state index contributed by atoms with van der Waals surface area (Å²) < 4.78 is 5.43. The van der Waals surface area contributed by atoms with Gasteiger partial charge in [-0.2, -0.15) is 0 Å². The molecular weight excluding hydrogens is 350 g/mol.